The molecule has 0 radical (unpaired) electrons. The van der Waals surface area contributed by atoms with E-state index in [9.17, 15) is 13.2 Å². The Kier molecular flexibility index (Phi) is 3.59. The lowest BCUT2D eigenvalue weighted by Gasteiger charge is -2.14. The molecule has 5 nitrogen and oxygen atoms in total. The Bertz CT molecular complexity index is 553. The van der Waals surface area contributed by atoms with Crippen LogP contribution in [-0.4, -0.2) is 21.1 Å². The molecule has 2 rings (SSSR count). The number of aryl methyl sites for hydroxylation is 1. The minimum absolute atomic E-state index is 0.239. The van der Waals surface area contributed by atoms with Gasteiger partial charge in [0.1, 0.15) is 6.33 Å². The van der Waals surface area contributed by atoms with Gasteiger partial charge in [-0.2, -0.15) is 0 Å². The van der Waals surface area contributed by atoms with Crippen LogP contribution in [0.15, 0.2) is 30.6 Å². The summed E-state index contributed by atoms with van der Waals surface area (Å²) in [6.45, 7) is 0.245. The number of para-hydroxylation sites is 2. The van der Waals surface area contributed by atoms with E-state index in [0.29, 0.717) is 5.82 Å². The van der Waals surface area contributed by atoms with Crippen molar-refractivity contribution in [3.05, 3.63) is 36.4 Å². The lowest BCUT2D eigenvalue weighted by atomic mass is 10.3. The molecule has 0 atom stereocenters. The van der Waals surface area contributed by atoms with E-state index in [1.54, 1.807) is 17.7 Å². The van der Waals surface area contributed by atoms with Crippen LogP contribution in [0, 0.1) is 0 Å². The second-order valence-corrected chi connectivity index (χ2v) is 3.76. The SMILES string of the molecule is Cn1cnnc1CNc1ccccc1OC(F)(F)F. The zero-order chi connectivity index (χ0) is 13.9. The van der Waals surface area contributed by atoms with Crippen molar-refractivity contribution in [3.8, 4) is 5.75 Å². The highest BCUT2D eigenvalue weighted by molar-refractivity contribution is 5.56. The van der Waals surface area contributed by atoms with E-state index < -0.39 is 6.36 Å². The number of rotatable bonds is 4. The molecule has 1 N–H and O–H groups in total. The molecule has 0 saturated carbocycles. The van der Waals surface area contributed by atoms with Crippen molar-refractivity contribution < 1.29 is 17.9 Å². The third kappa shape index (κ3) is 3.60. The van der Waals surface area contributed by atoms with E-state index >= 15 is 0 Å². The molecule has 1 heterocycles. The number of hydrogen-bond acceptors (Lipinski definition) is 4. The quantitative estimate of drug-likeness (QED) is 0.928. The first-order valence-corrected chi connectivity index (χ1v) is 5.37. The van der Waals surface area contributed by atoms with Gasteiger partial charge in [-0.1, -0.05) is 12.1 Å². The summed E-state index contributed by atoms with van der Waals surface area (Å²) in [5.74, 6) is 0.319. The normalized spacial score (nSPS) is 11.4. The van der Waals surface area contributed by atoms with E-state index in [1.165, 1.54) is 24.5 Å². The first kappa shape index (κ1) is 13.2. The highest BCUT2D eigenvalue weighted by Gasteiger charge is 2.32. The zero-order valence-electron chi connectivity index (χ0n) is 9.98. The number of anilines is 1. The van der Waals surface area contributed by atoms with Gasteiger partial charge in [0.2, 0.25) is 0 Å². The van der Waals surface area contributed by atoms with Crippen molar-refractivity contribution in [2.75, 3.05) is 5.32 Å². The fourth-order valence-corrected chi connectivity index (χ4v) is 1.47. The molecule has 0 spiro atoms. The van der Waals surface area contributed by atoms with Crippen molar-refractivity contribution in [1.29, 1.82) is 0 Å². The molecule has 0 fully saturated rings. The molecule has 0 aliphatic rings. The summed E-state index contributed by atoms with van der Waals surface area (Å²) in [5, 5.41) is 10.3. The predicted molar refractivity (Wildman–Crippen MR) is 61.5 cm³/mol. The number of halogens is 3. The highest BCUT2D eigenvalue weighted by Crippen LogP contribution is 2.29. The number of benzene rings is 1. The van der Waals surface area contributed by atoms with E-state index in [0.717, 1.165) is 0 Å². The van der Waals surface area contributed by atoms with Gasteiger partial charge in [-0.05, 0) is 12.1 Å². The van der Waals surface area contributed by atoms with Crippen LogP contribution >= 0.6 is 0 Å². The Balaban J connectivity index is 2.10. The van der Waals surface area contributed by atoms with Crippen molar-refractivity contribution in [2.45, 2.75) is 12.9 Å². The largest absolute Gasteiger partial charge is 0.573 e. The Morgan fingerprint density at radius 2 is 2.05 bits per heavy atom. The molecule has 0 aliphatic carbocycles. The lowest BCUT2D eigenvalue weighted by molar-refractivity contribution is -0.274. The van der Waals surface area contributed by atoms with Gasteiger partial charge in [0, 0.05) is 7.05 Å². The van der Waals surface area contributed by atoms with Crippen LogP contribution in [0.2, 0.25) is 0 Å². The maximum atomic E-state index is 12.2. The third-order valence-electron chi connectivity index (χ3n) is 2.35. The average Bonchev–Trinajstić information content (AvgIpc) is 2.72. The van der Waals surface area contributed by atoms with Gasteiger partial charge in [0.25, 0.3) is 0 Å². The standard InChI is InChI=1S/C11H11F3N4O/c1-18-7-16-17-10(18)6-15-8-4-2-3-5-9(8)19-11(12,13)14/h2-5,7,15H,6H2,1H3. The molecule has 0 aliphatic heterocycles. The number of nitrogens with one attached hydrogen (secondary N) is 1. The maximum Gasteiger partial charge on any atom is 0.573 e. The Morgan fingerprint density at radius 3 is 2.68 bits per heavy atom. The van der Waals surface area contributed by atoms with E-state index in [1.807, 2.05) is 0 Å². The second-order valence-electron chi connectivity index (χ2n) is 3.76. The topological polar surface area (TPSA) is 52.0 Å². The molecule has 0 saturated heterocycles. The van der Waals surface area contributed by atoms with Gasteiger partial charge in [-0.15, -0.1) is 23.4 Å². The summed E-state index contributed by atoms with van der Waals surface area (Å²) in [7, 11) is 1.75. The van der Waals surface area contributed by atoms with Gasteiger partial charge in [-0.3, -0.25) is 0 Å². The minimum Gasteiger partial charge on any atom is -0.404 e. The Hall–Kier alpha value is -2.25. The van der Waals surface area contributed by atoms with E-state index in [4.69, 9.17) is 0 Å². The van der Waals surface area contributed by atoms with Crippen molar-refractivity contribution >= 4 is 5.69 Å². The highest BCUT2D eigenvalue weighted by atomic mass is 19.4. The monoisotopic (exact) mass is 272 g/mol. The summed E-state index contributed by atoms with van der Waals surface area (Å²) in [4.78, 5) is 0. The molecule has 2 aromatic rings. The number of nitrogens with zero attached hydrogens (tertiary/aromatic N) is 3. The molecule has 1 aromatic carbocycles. The number of aromatic nitrogens is 3. The van der Waals surface area contributed by atoms with Crippen LogP contribution in [0.25, 0.3) is 0 Å². The first-order valence-electron chi connectivity index (χ1n) is 5.37. The second kappa shape index (κ2) is 5.17. The summed E-state index contributed by atoms with van der Waals surface area (Å²) >= 11 is 0. The van der Waals surface area contributed by atoms with Gasteiger partial charge >= 0.3 is 6.36 Å². The molecular weight excluding hydrogens is 261 g/mol. The fourth-order valence-electron chi connectivity index (χ4n) is 1.47. The van der Waals surface area contributed by atoms with Crippen LogP contribution in [0.5, 0.6) is 5.75 Å². The lowest BCUT2D eigenvalue weighted by Crippen LogP contribution is -2.18. The van der Waals surface area contributed by atoms with Crippen molar-refractivity contribution in [1.82, 2.24) is 14.8 Å². The smallest absolute Gasteiger partial charge is 0.404 e. The Morgan fingerprint density at radius 1 is 1.32 bits per heavy atom. The number of ether oxygens (including phenoxy) is 1. The summed E-state index contributed by atoms with van der Waals surface area (Å²) in [5.41, 5.74) is 0.239. The average molecular weight is 272 g/mol. The van der Waals surface area contributed by atoms with Crippen molar-refractivity contribution in [3.63, 3.8) is 0 Å². The summed E-state index contributed by atoms with van der Waals surface area (Å²) in [6.07, 6.45) is -3.21. The summed E-state index contributed by atoms with van der Waals surface area (Å²) in [6, 6.07) is 5.82. The number of hydrogen-bond donors (Lipinski definition) is 1. The van der Waals surface area contributed by atoms with Crippen LogP contribution in [0.4, 0.5) is 18.9 Å². The van der Waals surface area contributed by atoms with Gasteiger partial charge in [-0.25, -0.2) is 0 Å². The van der Waals surface area contributed by atoms with E-state index in [2.05, 4.69) is 20.3 Å². The molecule has 8 heteroatoms. The van der Waals surface area contributed by atoms with Gasteiger partial charge < -0.3 is 14.6 Å². The Labute approximate surface area is 107 Å². The number of alkyl halides is 3. The minimum atomic E-state index is -4.72. The molecule has 0 unspecified atom stereocenters. The van der Waals surface area contributed by atoms with Crippen LogP contribution in [0.3, 0.4) is 0 Å². The molecule has 19 heavy (non-hydrogen) atoms. The first-order chi connectivity index (χ1) is 8.96. The fraction of sp³-hybridized carbons (Fsp3) is 0.273. The van der Waals surface area contributed by atoms with Gasteiger partial charge in [0.15, 0.2) is 11.6 Å². The van der Waals surface area contributed by atoms with Crippen LogP contribution in [0.1, 0.15) is 5.82 Å². The zero-order valence-corrected chi connectivity index (χ0v) is 9.98. The molecular formula is C11H11F3N4O. The van der Waals surface area contributed by atoms with E-state index in [-0.39, 0.29) is 18.0 Å². The molecule has 0 amide bonds. The van der Waals surface area contributed by atoms with Crippen molar-refractivity contribution in [2.24, 2.45) is 7.05 Å². The predicted octanol–water partition coefficient (Wildman–Crippen LogP) is 2.33. The maximum absolute atomic E-state index is 12.2. The summed E-state index contributed by atoms with van der Waals surface area (Å²) < 4.78 is 42.3. The van der Waals surface area contributed by atoms with Crippen LogP contribution in [-0.2, 0) is 13.6 Å². The molecule has 0 bridgehead atoms. The van der Waals surface area contributed by atoms with Gasteiger partial charge in [0.05, 0.1) is 12.2 Å². The molecule has 102 valence electrons. The van der Waals surface area contributed by atoms with Crippen LogP contribution < -0.4 is 10.1 Å². The molecule has 1 aromatic heterocycles. The third-order valence-corrected chi connectivity index (χ3v) is 2.35.